The number of aliphatic hydroxyl groups excluding tert-OH is 1. The Balaban J connectivity index is 2.56. The van der Waals surface area contributed by atoms with E-state index in [0.717, 1.165) is 11.8 Å². The van der Waals surface area contributed by atoms with Crippen LogP contribution in [0.3, 0.4) is 0 Å². The summed E-state index contributed by atoms with van der Waals surface area (Å²) >= 11 is 0. The molecule has 1 N–H and O–H groups in total. The summed E-state index contributed by atoms with van der Waals surface area (Å²) < 4.78 is 5.31. The number of hydrogen-bond donors (Lipinski definition) is 1. The molecule has 0 unspecified atom stereocenters. The molecular formula is C16H20O3. The van der Waals surface area contributed by atoms with E-state index in [1.54, 1.807) is 0 Å². The molecule has 102 valence electrons. The number of carbonyl (C=O) groups excluding carboxylic acids is 1. The fraction of sp³-hybridized carbons (Fsp3) is 0.312. The molecule has 1 rings (SSSR count). The molecule has 1 aromatic carbocycles. The van der Waals surface area contributed by atoms with E-state index in [1.807, 2.05) is 56.3 Å². The first-order valence-electron chi connectivity index (χ1n) is 6.20. The van der Waals surface area contributed by atoms with Crippen molar-refractivity contribution in [1.82, 2.24) is 0 Å². The fourth-order valence-corrected chi connectivity index (χ4v) is 1.47. The smallest absolute Gasteiger partial charge is 0.337 e. The van der Waals surface area contributed by atoms with Gasteiger partial charge in [-0.15, -0.1) is 0 Å². The summed E-state index contributed by atoms with van der Waals surface area (Å²) in [7, 11) is 0. The van der Waals surface area contributed by atoms with Gasteiger partial charge in [-0.3, -0.25) is 0 Å². The van der Waals surface area contributed by atoms with E-state index in [1.165, 1.54) is 6.92 Å². The van der Waals surface area contributed by atoms with Gasteiger partial charge in [0.15, 0.2) is 0 Å². The van der Waals surface area contributed by atoms with E-state index < -0.39 is 11.6 Å². The Bertz CT molecular complexity index is 470. The maximum absolute atomic E-state index is 11.5. The molecule has 3 nitrogen and oxygen atoms in total. The van der Waals surface area contributed by atoms with Gasteiger partial charge in [-0.2, -0.15) is 0 Å². The largest absolute Gasteiger partial charge is 0.515 e. The summed E-state index contributed by atoms with van der Waals surface area (Å²) in [6.07, 6.45) is 5.33. The molecule has 0 spiro atoms. The molecule has 0 atom stereocenters. The predicted octanol–water partition coefficient (Wildman–Crippen LogP) is 3.87. The Labute approximate surface area is 114 Å². The number of carbonyl (C=O) groups is 1. The summed E-state index contributed by atoms with van der Waals surface area (Å²) in [4.78, 5) is 11.5. The van der Waals surface area contributed by atoms with Crippen LogP contribution in [-0.4, -0.2) is 16.7 Å². The maximum Gasteiger partial charge on any atom is 0.337 e. The topological polar surface area (TPSA) is 46.5 Å². The van der Waals surface area contributed by atoms with Gasteiger partial charge in [0.05, 0.1) is 11.8 Å². The van der Waals surface area contributed by atoms with Gasteiger partial charge < -0.3 is 9.84 Å². The van der Waals surface area contributed by atoms with E-state index in [2.05, 4.69) is 0 Å². The first-order valence-corrected chi connectivity index (χ1v) is 6.20. The van der Waals surface area contributed by atoms with Crippen LogP contribution in [0, 0.1) is 0 Å². The normalized spacial score (nSPS) is 12.7. The highest BCUT2D eigenvalue weighted by molar-refractivity contribution is 5.87. The lowest BCUT2D eigenvalue weighted by atomic mass is 10.0. The van der Waals surface area contributed by atoms with E-state index in [9.17, 15) is 4.79 Å². The zero-order valence-electron chi connectivity index (χ0n) is 11.6. The molecule has 0 bridgehead atoms. The zero-order chi connectivity index (χ0) is 14.3. The van der Waals surface area contributed by atoms with Gasteiger partial charge in [-0.05, 0) is 26.3 Å². The van der Waals surface area contributed by atoms with Crippen molar-refractivity contribution in [3.8, 4) is 0 Å². The van der Waals surface area contributed by atoms with Crippen LogP contribution in [0.1, 0.15) is 32.8 Å². The molecule has 0 aromatic heterocycles. The minimum absolute atomic E-state index is 0.195. The molecule has 0 saturated heterocycles. The molecule has 0 saturated carbocycles. The van der Waals surface area contributed by atoms with Crippen molar-refractivity contribution in [1.29, 1.82) is 0 Å². The zero-order valence-corrected chi connectivity index (χ0v) is 11.6. The van der Waals surface area contributed by atoms with Crippen molar-refractivity contribution < 1.29 is 14.6 Å². The molecule has 3 heteroatoms. The molecule has 0 radical (unpaired) electrons. The van der Waals surface area contributed by atoms with Crippen LogP contribution in [0.5, 0.6) is 0 Å². The van der Waals surface area contributed by atoms with Crippen molar-refractivity contribution in [3.63, 3.8) is 0 Å². The van der Waals surface area contributed by atoms with E-state index in [0.29, 0.717) is 6.42 Å². The van der Waals surface area contributed by atoms with Crippen molar-refractivity contribution in [2.24, 2.45) is 0 Å². The van der Waals surface area contributed by atoms with E-state index >= 15 is 0 Å². The van der Waals surface area contributed by atoms with Gasteiger partial charge in [-0.25, -0.2) is 4.79 Å². The van der Waals surface area contributed by atoms with Crippen LogP contribution in [0.25, 0.3) is 6.08 Å². The molecule has 19 heavy (non-hydrogen) atoms. The Morgan fingerprint density at radius 2 is 1.95 bits per heavy atom. The summed E-state index contributed by atoms with van der Waals surface area (Å²) in [5.41, 5.74) is 0.697. The van der Waals surface area contributed by atoms with E-state index in [-0.39, 0.29) is 5.57 Å². The molecule has 1 aromatic rings. The molecular weight excluding hydrogens is 240 g/mol. The number of aliphatic hydroxyl groups is 1. The fourth-order valence-electron chi connectivity index (χ4n) is 1.47. The second kappa shape index (κ2) is 6.78. The lowest BCUT2D eigenvalue weighted by molar-refractivity contribution is -0.151. The van der Waals surface area contributed by atoms with Gasteiger partial charge >= 0.3 is 5.97 Å². The van der Waals surface area contributed by atoms with Crippen LogP contribution in [0.15, 0.2) is 48.2 Å². The standard InChI is InChI=1S/C16H20O3/c1-13(12-17)15(18)19-16(2,3)11-7-10-14-8-5-4-6-9-14/h4-10,12,17H,11H2,1-3H3. The Morgan fingerprint density at radius 3 is 2.53 bits per heavy atom. The third kappa shape index (κ3) is 5.42. The van der Waals surface area contributed by atoms with Crippen LogP contribution >= 0.6 is 0 Å². The number of rotatable bonds is 5. The monoisotopic (exact) mass is 260 g/mol. The summed E-state index contributed by atoms with van der Waals surface area (Å²) in [6.45, 7) is 5.19. The van der Waals surface area contributed by atoms with Gasteiger partial charge in [0.25, 0.3) is 0 Å². The molecule has 0 aliphatic rings. The van der Waals surface area contributed by atoms with Gasteiger partial charge in [-0.1, -0.05) is 42.5 Å². The van der Waals surface area contributed by atoms with Crippen molar-refractivity contribution >= 4 is 12.0 Å². The van der Waals surface area contributed by atoms with Crippen molar-refractivity contribution in [2.75, 3.05) is 0 Å². The first kappa shape index (κ1) is 15.0. The first-order chi connectivity index (χ1) is 8.94. The van der Waals surface area contributed by atoms with E-state index in [4.69, 9.17) is 9.84 Å². The maximum atomic E-state index is 11.5. The quantitative estimate of drug-likeness (QED) is 0.496. The van der Waals surface area contributed by atoms with Gasteiger partial charge in [0.2, 0.25) is 0 Å². The third-order valence-electron chi connectivity index (χ3n) is 2.60. The summed E-state index contributed by atoms with van der Waals surface area (Å²) in [5, 5.41) is 8.75. The second-order valence-corrected chi connectivity index (χ2v) is 4.98. The number of hydrogen-bond acceptors (Lipinski definition) is 3. The summed E-state index contributed by atoms with van der Waals surface area (Å²) in [6, 6.07) is 9.93. The molecule has 0 fully saturated rings. The van der Waals surface area contributed by atoms with Crippen LogP contribution in [-0.2, 0) is 9.53 Å². The van der Waals surface area contributed by atoms with Crippen molar-refractivity contribution in [2.45, 2.75) is 32.8 Å². The predicted molar refractivity (Wildman–Crippen MR) is 76.6 cm³/mol. The molecule has 0 heterocycles. The Hall–Kier alpha value is -2.03. The highest BCUT2D eigenvalue weighted by atomic mass is 16.6. The summed E-state index contributed by atoms with van der Waals surface area (Å²) in [5.74, 6) is -0.499. The molecule has 0 aliphatic heterocycles. The highest BCUT2D eigenvalue weighted by Gasteiger charge is 2.22. The third-order valence-corrected chi connectivity index (χ3v) is 2.60. The molecule has 0 aliphatic carbocycles. The minimum Gasteiger partial charge on any atom is -0.515 e. The number of benzene rings is 1. The second-order valence-electron chi connectivity index (χ2n) is 4.98. The molecule has 0 amide bonds. The van der Waals surface area contributed by atoms with Gasteiger partial charge in [0.1, 0.15) is 5.60 Å². The van der Waals surface area contributed by atoms with Gasteiger partial charge in [0, 0.05) is 6.42 Å². The van der Waals surface area contributed by atoms with Crippen LogP contribution in [0.4, 0.5) is 0 Å². The van der Waals surface area contributed by atoms with Crippen molar-refractivity contribution in [3.05, 3.63) is 53.8 Å². The SMILES string of the molecule is CC(=CO)C(=O)OC(C)(C)CC=Cc1ccccc1. The lowest BCUT2D eigenvalue weighted by Gasteiger charge is -2.23. The Morgan fingerprint density at radius 1 is 1.32 bits per heavy atom. The minimum atomic E-state index is -0.605. The number of esters is 1. The van der Waals surface area contributed by atoms with Crippen LogP contribution < -0.4 is 0 Å². The Kier molecular flexibility index (Phi) is 5.37. The average molecular weight is 260 g/mol. The highest BCUT2D eigenvalue weighted by Crippen LogP contribution is 2.18. The van der Waals surface area contributed by atoms with Crippen LogP contribution in [0.2, 0.25) is 0 Å². The lowest BCUT2D eigenvalue weighted by Crippen LogP contribution is -2.27. The average Bonchev–Trinajstić information content (AvgIpc) is 2.38. The number of ether oxygens (including phenoxy) is 1.